The summed E-state index contributed by atoms with van der Waals surface area (Å²) in [4.78, 5) is 0. The highest BCUT2D eigenvalue weighted by atomic mass is 19.4. The van der Waals surface area contributed by atoms with E-state index in [2.05, 4.69) is 14.2 Å². The molecule has 0 N–H and O–H groups in total. The first kappa shape index (κ1) is 54.2. The van der Waals surface area contributed by atoms with Crippen LogP contribution in [-0.2, 0) is 14.2 Å². The predicted molar refractivity (Wildman–Crippen MR) is 100 cm³/mol. The van der Waals surface area contributed by atoms with Gasteiger partial charge < -0.3 is 14.2 Å². The molecule has 0 amide bonds. The second-order valence-corrected chi connectivity index (χ2v) is 6.96. The summed E-state index contributed by atoms with van der Waals surface area (Å²) >= 11 is 0. The molecule has 0 aromatic heterocycles. The van der Waals surface area contributed by atoms with Crippen LogP contribution in [0.5, 0.6) is 0 Å². The summed E-state index contributed by atoms with van der Waals surface area (Å²) in [5, 5.41) is 0. The van der Waals surface area contributed by atoms with Crippen molar-refractivity contribution in [2.24, 2.45) is 0 Å². The minimum Gasteiger partial charge on any atom is -0.435 e. The Hall–Kier alpha value is -3.27. The zero-order valence-electron chi connectivity index (χ0n) is 22.3. The summed E-state index contributed by atoms with van der Waals surface area (Å²) in [6.45, 7) is -4.13. The molecule has 0 saturated heterocycles. The van der Waals surface area contributed by atoms with Crippen LogP contribution >= 0.6 is 0 Å². The molecule has 0 unspecified atom stereocenters. The maximum Gasteiger partial charge on any atom is 0.465 e. The first-order chi connectivity index (χ1) is 20.7. The van der Waals surface area contributed by atoms with Crippen molar-refractivity contribution in [1.82, 2.24) is 0 Å². The Labute approximate surface area is 247 Å². The molecule has 0 saturated carbocycles. The molecule has 30 heteroatoms. The molecule has 0 aliphatic heterocycles. The lowest BCUT2D eigenvalue weighted by Crippen LogP contribution is -2.50. The number of ether oxygens (including phenoxy) is 3. The van der Waals surface area contributed by atoms with Gasteiger partial charge in [-0.1, -0.05) is 0 Å². The molecule has 3 nitrogen and oxygen atoms in total. The summed E-state index contributed by atoms with van der Waals surface area (Å²) in [5.41, 5.74) is 0. The molecule has 0 aromatic rings. The Morgan fingerprint density at radius 3 is 0.729 bits per heavy atom. The van der Waals surface area contributed by atoms with E-state index in [-0.39, 0.29) is 13.8 Å². The van der Waals surface area contributed by atoms with Crippen molar-refractivity contribution in [2.75, 3.05) is 13.7 Å². The number of hydrogen-bond acceptors (Lipinski definition) is 3. The van der Waals surface area contributed by atoms with Gasteiger partial charge >= 0.3 is 78.4 Å². The van der Waals surface area contributed by atoms with Gasteiger partial charge in [0.2, 0.25) is 13.7 Å². The highest BCUT2D eigenvalue weighted by Crippen LogP contribution is 2.46. The van der Waals surface area contributed by atoms with Crippen LogP contribution in [0.15, 0.2) is 36.3 Å². The molecule has 0 aliphatic rings. The monoisotopic (exact) mass is 790 g/mol. The zero-order chi connectivity index (χ0) is 40.5. The van der Waals surface area contributed by atoms with E-state index in [9.17, 15) is 119 Å². The van der Waals surface area contributed by atoms with Crippen LogP contribution in [0, 0.1) is 0 Å². The van der Waals surface area contributed by atoms with Gasteiger partial charge in [0.1, 0.15) is 0 Å². The molecular formula is C18H13F27O3. The molecule has 292 valence electrons. The molecule has 0 heterocycles. The van der Waals surface area contributed by atoms with Crippen molar-refractivity contribution < 1.29 is 133 Å². The third-order valence-corrected chi connectivity index (χ3v) is 2.94. The number of rotatable bonds is 8. The van der Waals surface area contributed by atoms with E-state index < -0.39 is 99.1 Å². The Morgan fingerprint density at radius 1 is 0.396 bits per heavy atom. The van der Waals surface area contributed by atoms with Crippen molar-refractivity contribution >= 4 is 0 Å². The molecule has 0 aliphatic carbocycles. The highest BCUT2D eigenvalue weighted by molar-refractivity contribution is 4.87. The van der Waals surface area contributed by atoms with Gasteiger partial charge in [-0.05, 0) is 0 Å². The molecule has 0 bridgehead atoms. The lowest BCUT2D eigenvalue weighted by Gasteiger charge is -2.24. The van der Waals surface area contributed by atoms with Gasteiger partial charge in [-0.15, -0.1) is 0 Å². The van der Waals surface area contributed by atoms with Gasteiger partial charge in [0.25, 0.3) is 0 Å². The fourth-order valence-electron chi connectivity index (χ4n) is 0.695. The van der Waals surface area contributed by atoms with E-state index in [0.29, 0.717) is 0 Å². The number of hydrogen-bond donors (Lipinski definition) is 0. The Morgan fingerprint density at radius 2 is 0.646 bits per heavy atom. The van der Waals surface area contributed by atoms with Crippen molar-refractivity contribution in [2.45, 2.75) is 62.9 Å². The summed E-state index contributed by atoms with van der Waals surface area (Å²) < 4.78 is 312. The predicted octanol–water partition coefficient (Wildman–Crippen LogP) is 12.3. The smallest absolute Gasteiger partial charge is 0.435 e. The third kappa shape index (κ3) is 24.0. The first-order valence-electron chi connectivity index (χ1n) is 9.90. The molecule has 0 fully saturated rings. The van der Waals surface area contributed by atoms with Crippen LogP contribution in [-0.4, -0.2) is 55.9 Å². The normalized spacial score (nSPS) is 12.1. The van der Waals surface area contributed by atoms with E-state index in [0.717, 1.165) is 0 Å². The van der Waals surface area contributed by atoms with Gasteiger partial charge in [-0.2, -0.15) is 110 Å². The van der Waals surface area contributed by atoms with Crippen molar-refractivity contribution in [3.05, 3.63) is 36.3 Å². The maximum atomic E-state index is 12.0. The van der Waals surface area contributed by atoms with Crippen LogP contribution in [0.1, 0.15) is 20.8 Å². The summed E-state index contributed by atoms with van der Waals surface area (Å²) in [7, 11) is 0. The summed E-state index contributed by atoms with van der Waals surface area (Å²) in [6, 6.07) is -7.34. The van der Waals surface area contributed by atoms with Gasteiger partial charge in [0.15, 0.2) is 0 Å². The van der Waals surface area contributed by atoms with Gasteiger partial charge in [-0.25, -0.2) is 8.78 Å². The first-order valence-corrected chi connectivity index (χ1v) is 9.90. The van der Waals surface area contributed by atoms with Crippen molar-refractivity contribution in [3.63, 3.8) is 0 Å². The zero-order valence-corrected chi connectivity index (χ0v) is 22.3. The van der Waals surface area contributed by atoms with E-state index in [1.54, 1.807) is 0 Å². The molecule has 0 aromatic carbocycles. The standard InChI is InChI=1S/C5H3F7O.C4H3F7.C3H3F5.2C3H2F4O/c1-4(9,10)5(11,12)13-3(8)2(6)7;1-2(5,6)3(7,8)4(9,10)11;1-2(4,5)3(6,7)8;2*4-1-8-3(7)2(5)6/h1H3;1H3;1H3;2*1H2. The molecule has 0 rings (SSSR count). The minimum absolute atomic E-state index is 0.188. The maximum absolute atomic E-state index is 12.0. The molecule has 48 heavy (non-hydrogen) atoms. The molecular weight excluding hydrogens is 777 g/mol. The van der Waals surface area contributed by atoms with Gasteiger partial charge in [-0.3, -0.25) is 0 Å². The quantitative estimate of drug-likeness (QED) is 0.181. The fraction of sp³-hybridized carbons (Fsp3) is 0.667. The largest absolute Gasteiger partial charge is 0.465 e. The molecule has 0 radical (unpaired) electrons. The lowest BCUT2D eigenvalue weighted by molar-refractivity contribution is -0.349. The van der Waals surface area contributed by atoms with E-state index in [4.69, 9.17) is 0 Å². The van der Waals surface area contributed by atoms with Crippen LogP contribution in [0.25, 0.3) is 0 Å². The third-order valence-electron chi connectivity index (χ3n) is 2.94. The van der Waals surface area contributed by atoms with E-state index in [1.807, 2.05) is 0 Å². The van der Waals surface area contributed by atoms with Crippen molar-refractivity contribution in [1.29, 1.82) is 0 Å². The second kappa shape index (κ2) is 21.0. The van der Waals surface area contributed by atoms with Crippen molar-refractivity contribution in [3.8, 4) is 0 Å². The topological polar surface area (TPSA) is 27.7 Å². The second-order valence-electron chi connectivity index (χ2n) is 6.96. The van der Waals surface area contributed by atoms with Crippen LogP contribution in [0.4, 0.5) is 119 Å². The van der Waals surface area contributed by atoms with Crippen LogP contribution < -0.4 is 0 Å². The summed E-state index contributed by atoms with van der Waals surface area (Å²) in [5.74, 6) is -20.3. The fourth-order valence-corrected chi connectivity index (χ4v) is 0.695. The average molecular weight is 790 g/mol. The molecule has 0 atom stereocenters. The Balaban J connectivity index is -0.000000163. The summed E-state index contributed by atoms with van der Waals surface area (Å²) in [6.07, 6.45) is -25.4. The number of halogens is 27. The number of alkyl halides is 18. The minimum atomic E-state index is -6.20. The molecule has 0 spiro atoms. The Kier molecular flexibility index (Phi) is 23.7. The van der Waals surface area contributed by atoms with Gasteiger partial charge in [0.05, 0.1) is 0 Å². The SMILES string of the molecule is CC(F)(F)C(F)(F)C(F)(F)F.CC(F)(F)C(F)(F)F.CC(F)(F)C(F)(F)OC(F)=C(F)F.FCOC(F)=C(F)F.FCOC(F)=C(F)F. The van der Waals surface area contributed by atoms with Crippen LogP contribution in [0.2, 0.25) is 0 Å². The van der Waals surface area contributed by atoms with Gasteiger partial charge in [0, 0.05) is 20.8 Å². The lowest BCUT2D eigenvalue weighted by atomic mass is 10.2. The van der Waals surface area contributed by atoms with E-state index >= 15 is 0 Å². The highest BCUT2D eigenvalue weighted by Gasteiger charge is 2.70. The average Bonchev–Trinajstić information content (AvgIpc) is 2.82. The van der Waals surface area contributed by atoms with E-state index in [1.165, 1.54) is 0 Å². The Bertz CT molecular complexity index is 926. The van der Waals surface area contributed by atoms with Crippen LogP contribution in [0.3, 0.4) is 0 Å².